The molecule has 3 aromatic rings. The van der Waals surface area contributed by atoms with E-state index in [0.29, 0.717) is 48.7 Å². The molecule has 1 aromatic carbocycles. The third-order valence-electron chi connectivity index (χ3n) is 5.79. The summed E-state index contributed by atoms with van der Waals surface area (Å²) in [6.45, 7) is 1.72. The van der Waals surface area contributed by atoms with Gasteiger partial charge in [-0.25, -0.2) is 14.4 Å². The van der Waals surface area contributed by atoms with E-state index in [1.54, 1.807) is 13.1 Å². The van der Waals surface area contributed by atoms with E-state index >= 15 is 0 Å². The third-order valence-corrected chi connectivity index (χ3v) is 6.31. The number of nitrogens with one attached hydrogen (secondary N) is 2. The molecule has 12 heteroatoms. The van der Waals surface area contributed by atoms with E-state index < -0.39 is 5.82 Å². The molecule has 1 fully saturated rings. The van der Waals surface area contributed by atoms with Crippen molar-refractivity contribution in [1.82, 2.24) is 19.5 Å². The molecule has 2 heterocycles. The van der Waals surface area contributed by atoms with Gasteiger partial charge in [-0.3, -0.25) is 9.36 Å². The van der Waals surface area contributed by atoms with Crippen LogP contribution in [0, 0.1) is 11.7 Å². The van der Waals surface area contributed by atoms with Crippen molar-refractivity contribution in [3.63, 3.8) is 0 Å². The Bertz CT molecular complexity index is 1160. The van der Waals surface area contributed by atoms with Gasteiger partial charge in [-0.15, -0.1) is 0 Å². The summed E-state index contributed by atoms with van der Waals surface area (Å²) in [4.78, 5) is 25.1. The molecule has 1 atom stereocenters. The van der Waals surface area contributed by atoms with Gasteiger partial charge in [-0.1, -0.05) is 23.2 Å². The SMILES string of the molecule is C[C@H](CO)Nc1ncc2nc(Nc3c(F)cc(Cl)cc3Cl)n([C@H]3CC[C@@H](C(N)=O)CC3)c2n1. The van der Waals surface area contributed by atoms with Crippen LogP contribution in [0.25, 0.3) is 11.2 Å². The van der Waals surface area contributed by atoms with Gasteiger partial charge in [-0.2, -0.15) is 4.98 Å². The highest BCUT2D eigenvalue weighted by atomic mass is 35.5. The van der Waals surface area contributed by atoms with Crippen LogP contribution in [-0.2, 0) is 4.79 Å². The van der Waals surface area contributed by atoms with Crippen molar-refractivity contribution in [1.29, 1.82) is 0 Å². The van der Waals surface area contributed by atoms with Gasteiger partial charge in [0, 0.05) is 23.0 Å². The molecule has 0 spiro atoms. The minimum absolute atomic E-state index is 0.0451. The highest BCUT2D eigenvalue weighted by molar-refractivity contribution is 6.36. The lowest BCUT2D eigenvalue weighted by Crippen LogP contribution is -2.29. The Labute approximate surface area is 199 Å². The van der Waals surface area contributed by atoms with Crippen LogP contribution in [0.2, 0.25) is 10.0 Å². The Hall–Kier alpha value is -2.69. The van der Waals surface area contributed by atoms with Gasteiger partial charge in [0.1, 0.15) is 11.3 Å². The number of hydrogen-bond acceptors (Lipinski definition) is 7. The largest absolute Gasteiger partial charge is 0.394 e. The second-order valence-electron chi connectivity index (χ2n) is 8.21. The summed E-state index contributed by atoms with van der Waals surface area (Å²) in [6, 6.07) is 2.31. The number of nitrogens with zero attached hydrogens (tertiary/aromatic N) is 4. The minimum atomic E-state index is -0.617. The smallest absolute Gasteiger partial charge is 0.225 e. The monoisotopic (exact) mass is 495 g/mol. The number of nitrogens with two attached hydrogens (primary N) is 1. The van der Waals surface area contributed by atoms with Crippen LogP contribution in [0.1, 0.15) is 38.6 Å². The maximum absolute atomic E-state index is 14.6. The zero-order chi connectivity index (χ0) is 23.7. The molecule has 2 aromatic heterocycles. The van der Waals surface area contributed by atoms with Crippen LogP contribution >= 0.6 is 23.2 Å². The normalized spacial score (nSPS) is 19.4. The number of aliphatic hydroxyl groups is 1. The molecule has 176 valence electrons. The van der Waals surface area contributed by atoms with Crippen LogP contribution < -0.4 is 16.4 Å². The van der Waals surface area contributed by atoms with E-state index in [1.165, 1.54) is 12.1 Å². The van der Waals surface area contributed by atoms with Gasteiger partial charge in [-0.05, 0) is 44.7 Å². The lowest BCUT2D eigenvalue weighted by Gasteiger charge is -2.29. The number of aliphatic hydroxyl groups excluding tert-OH is 1. The molecule has 0 saturated heterocycles. The molecule has 1 saturated carbocycles. The van der Waals surface area contributed by atoms with Gasteiger partial charge < -0.3 is 21.5 Å². The molecule has 0 aliphatic heterocycles. The van der Waals surface area contributed by atoms with Crippen LogP contribution in [0.3, 0.4) is 0 Å². The Morgan fingerprint density at radius 3 is 2.67 bits per heavy atom. The lowest BCUT2D eigenvalue weighted by atomic mass is 9.85. The average molecular weight is 496 g/mol. The number of halogens is 3. The van der Waals surface area contributed by atoms with Gasteiger partial charge in [0.25, 0.3) is 0 Å². The molecule has 33 heavy (non-hydrogen) atoms. The Kier molecular flexibility index (Phi) is 6.87. The molecule has 0 radical (unpaired) electrons. The third kappa shape index (κ3) is 4.97. The number of carbonyl (C=O) groups excluding carboxylic acids is 1. The number of benzene rings is 1. The van der Waals surface area contributed by atoms with Crippen LogP contribution in [-0.4, -0.2) is 43.2 Å². The summed E-state index contributed by atoms with van der Waals surface area (Å²) in [5.41, 5.74) is 6.57. The van der Waals surface area contributed by atoms with Gasteiger partial charge >= 0.3 is 0 Å². The van der Waals surface area contributed by atoms with Crippen molar-refractivity contribution < 1.29 is 14.3 Å². The van der Waals surface area contributed by atoms with Crippen molar-refractivity contribution in [2.45, 2.75) is 44.7 Å². The molecule has 0 unspecified atom stereocenters. The predicted octanol–water partition coefficient (Wildman–Crippen LogP) is 4.03. The number of carbonyl (C=O) groups is 1. The lowest BCUT2D eigenvalue weighted by molar-refractivity contribution is -0.122. The second kappa shape index (κ2) is 9.66. The fourth-order valence-electron chi connectivity index (χ4n) is 4.05. The highest BCUT2D eigenvalue weighted by Gasteiger charge is 2.29. The topological polar surface area (TPSA) is 131 Å². The van der Waals surface area contributed by atoms with Crippen molar-refractivity contribution >= 4 is 57.9 Å². The van der Waals surface area contributed by atoms with Gasteiger partial charge in [0.15, 0.2) is 5.65 Å². The summed E-state index contributed by atoms with van der Waals surface area (Å²) in [7, 11) is 0. The van der Waals surface area contributed by atoms with E-state index in [4.69, 9.17) is 28.9 Å². The number of anilines is 3. The van der Waals surface area contributed by atoms with Gasteiger partial charge in [0.2, 0.25) is 17.8 Å². The average Bonchev–Trinajstić information content (AvgIpc) is 3.13. The van der Waals surface area contributed by atoms with E-state index in [1.807, 2.05) is 4.57 Å². The Morgan fingerprint density at radius 2 is 2.03 bits per heavy atom. The number of hydrogen-bond donors (Lipinski definition) is 4. The molecule has 1 aliphatic carbocycles. The molecule has 9 nitrogen and oxygen atoms in total. The number of rotatable bonds is 7. The van der Waals surface area contributed by atoms with Crippen LogP contribution in [0.5, 0.6) is 0 Å². The van der Waals surface area contributed by atoms with Crippen molar-refractivity contribution in [2.75, 3.05) is 17.2 Å². The fourth-order valence-corrected chi connectivity index (χ4v) is 4.57. The van der Waals surface area contributed by atoms with Crippen molar-refractivity contribution in [3.8, 4) is 0 Å². The van der Waals surface area contributed by atoms with E-state index in [9.17, 15) is 14.3 Å². The molecule has 1 amide bonds. The number of primary amides is 1. The minimum Gasteiger partial charge on any atom is -0.394 e. The van der Waals surface area contributed by atoms with E-state index in [-0.39, 0.29) is 46.2 Å². The molecular formula is C21H24Cl2FN7O2. The molecule has 1 aliphatic rings. The summed E-state index contributed by atoms with van der Waals surface area (Å²) >= 11 is 12.1. The number of imidazole rings is 1. The summed E-state index contributed by atoms with van der Waals surface area (Å²) in [6.07, 6.45) is 4.17. The quantitative estimate of drug-likeness (QED) is 0.389. The first kappa shape index (κ1) is 23.5. The van der Waals surface area contributed by atoms with E-state index in [0.717, 1.165) is 0 Å². The van der Waals surface area contributed by atoms with Crippen LogP contribution in [0.15, 0.2) is 18.3 Å². The highest BCUT2D eigenvalue weighted by Crippen LogP contribution is 2.38. The summed E-state index contributed by atoms with van der Waals surface area (Å²) < 4.78 is 16.5. The van der Waals surface area contributed by atoms with Crippen molar-refractivity contribution in [3.05, 3.63) is 34.2 Å². The maximum atomic E-state index is 14.6. The van der Waals surface area contributed by atoms with Gasteiger partial charge in [0.05, 0.1) is 23.5 Å². The number of aromatic nitrogens is 4. The number of amides is 1. The van der Waals surface area contributed by atoms with Crippen LogP contribution in [0.4, 0.5) is 22.0 Å². The summed E-state index contributed by atoms with van der Waals surface area (Å²) in [5.74, 6) is -0.415. The van der Waals surface area contributed by atoms with Crippen molar-refractivity contribution in [2.24, 2.45) is 11.7 Å². The first-order valence-electron chi connectivity index (χ1n) is 10.6. The Balaban J connectivity index is 1.77. The molecule has 0 bridgehead atoms. The molecule has 5 N–H and O–H groups in total. The Morgan fingerprint density at radius 1 is 1.30 bits per heavy atom. The predicted molar refractivity (Wildman–Crippen MR) is 125 cm³/mol. The molecular weight excluding hydrogens is 472 g/mol. The zero-order valence-corrected chi connectivity index (χ0v) is 19.4. The first-order valence-corrected chi connectivity index (χ1v) is 11.4. The molecule has 4 rings (SSSR count). The second-order valence-corrected chi connectivity index (χ2v) is 9.06. The number of fused-ring (bicyclic) bond motifs is 1. The summed E-state index contributed by atoms with van der Waals surface area (Å²) in [5, 5.41) is 15.7. The zero-order valence-electron chi connectivity index (χ0n) is 17.9. The fraction of sp³-hybridized carbons (Fsp3) is 0.429. The standard InChI is InChI=1S/C21H24Cl2FN7O2/c1-10(9-32)27-20-26-8-16-19(30-20)31(13-4-2-11(3-5-13)18(25)33)21(28-16)29-17-14(23)6-12(22)7-15(17)24/h6-8,10-11,13,32H,2-5,9H2,1H3,(H2,25,33)(H,28,29)(H,26,27,30)/t10-,11-,13+/m1/s1. The van der Waals surface area contributed by atoms with E-state index in [2.05, 4.69) is 25.6 Å². The first-order chi connectivity index (χ1) is 15.8. The maximum Gasteiger partial charge on any atom is 0.225 e.